The molecule has 7 heteroatoms. The summed E-state index contributed by atoms with van der Waals surface area (Å²) in [7, 11) is 1.33. The third-order valence-corrected chi connectivity index (χ3v) is 3.17. The van der Waals surface area contributed by atoms with Gasteiger partial charge in [0.25, 0.3) is 0 Å². The summed E-state index contributed by atoms with van der Waals surface area (Å²) in [6.45, 7) is 0.683. The smallest absolute Gasteiger partial charge is 0.360 e. The van der Waals surface area contributed by atoms with E-state index in [1.54, 1.807) is 28.8 Å². The molecule has 100 valence electrons. The summed E-state index contributed by atoms with van der Waals surface area (Å²) in [5, 5.41) is 7.96. The van der Waals surface area contributed by atoms with Gasteiger partial charge in [-0.2, -0.15) is 11.8 Å². The van der Waals surface area contributed by atoms with Crippen molar-refractivity contribution in [2.45, 2.75) is 6.54 Å². The van der Waals surface area contributed by atoms with Gasteiger partial charge in [0.1, 0.15) is 5.69 Å². The van der Waals surface area contributed by atoms with Crippen LogP contribution in [-0.4, -0.2) is 45.1 Å². The molecule has 0 fully saturated rings. The number of carbonyl (C=O) groups is 1. The molecule has 2 heterocycles. The normalized spacial score (nSPS) is 10.4. The van der Waals surface area contributed by atoms with E-state index in [0.717, 1.165) is 11.3 Å². The molecule has 0 bridgehead atoms. The first-order chi connectivity index (χ1) is 9.27. The first kappa shape index (κ1) is 13.5. The van der Waals surface area contributed by atoms with Crippen LogP contribution in [-0.2, 0) is 11.3 Å². The number of hydrogen-bond acceptors (Lipinski definition) is 6. The van der Waals surface area contributed by atoms with Crippen molar-refractivity contribution in [1.29, 1.82) is 0 Å². The van der Waals surface area contributed by atoms with Gasteiger partial charge in [0.2, 0.25) is 0 Å². The molecule has 0 aliphatic heterocycles. The number of hydrogen-bond donors (Lipinski definition) is 0. The molecule has 0 atom stereocenters. The first-order valence-corrected chi connectivity index (χ1v) is 7.08. The van der Waals surface area contributed by atoms with Gasteiger partial charge in [0, 0.05) is 23.7 Å². The summed E-state index contributed by atoms with van der Waals surface area (Å²) < 4.78 is 6.46. The van der Waals surface area contributed by atoms with Crippen molar-refractivity contribution in [2.75, 3.05) is 19.1 Å². The van der Waals surface area contributed by atoms with Gasteiger partial charge >= 0.3 is 5.97 Å². The molecule has 2 aromatic rings. The fourth-order valence-electron chi connectivity index (χ4n) is 1.68. The van der Waals surface area contributed by atoms with Gasteiger partial charge in [-0.1, -0.05) is 5.21 Å². The zero-order valence-corrected chi connectivity index (χ0v) is 11.6. The second-order valence-corrected chi connectivity index (χ2v) is 4.72. The van der Waals surface area contributed by atoms with Crippen molar-refractivity contribution in [3.63, 3.8) is 0 Å². The Morgan fingerprint density at radius 1 is 1.42 bits per heavy atom. The Hall–Kier alpha value is -1.89. The van der Waals surface area contributed by atoms with Crippen LogP contribution in [0.3, 0.4) is 0 Å². The molecular weight excluding hydrogens is 264 g/mol. The average molecular weight is 278 g/mol. The number of ether oxygens (including phenoxy) is 1. The first-order valence-electron chi connectivity index (χ1n) is 5.69. The molecule has 0 spiro atoms. The van der Waals surface area contributed by atoms with Crippen molar-refractivity contribution >= 4 is 17.7 Å². The molecule has 0 N–H and O–H groups in total. The predicted octanol–water partition coefficient (Wildman–Crippen LogP) is 1.49. The fraction of sp³-hybridized carbons (Fsp3) is 0.333. The molecule has 2 rings (SSSR count). The van der Waals surface area contributed by atoms with Crippen molar-refractivity contribution in [3.05, 3.63) is 30.2 Å². The van der Waals surface area contributed by atoms with E-state index in [2.05, 4.69) is 15.3 Å². The maximum Gasteiger partial charge on any atom is 0.360 e. The number of nitrogens with zero attached hydrogens (tertiary/aromatic N) is 4. The number of esters is 1. The van der Waals surface area contributed by atoms with Crippen LogP contribution < -0.4 is 0 Å². The Morgan fingerprint density at radius 2 is 2.16 bits per heavy atom. The van der Waals surface area contributed by atoms with E-state index < -0.39 is 5.97 Å². The highest BCUT2D eigenvalue weighted by molar-refractivity contribution is 7.98. The van der Waals surface area contributed by atoms with Gasteiger partial charge < -0.3 is 4.74 Å². The fourth-order valence-corrected chi connectivity index (χ4v) is 2.03. The Morgan fingerprint density at radius 3 is 2.79 bits per heavy atom. The molecule has 0 aliphatic carbocycles. The molecule has 0 aromatic carbocycles. The summed E-state index contributed by atoms with van der Waals surface area (Å²) in [4.78, 5) is 15.7. The second kappa shape index (κ2) is 6.33. The van der Waals surface area contributed by atoms with Crippen LogP contribution in [0.15, 0.2) is 24.5 Å². The summed E-state index contributed by atoms with van der Waals surface area (Å²) in [5.74, 6) is 0.407. The summed E-state index contributed by atoms with van der Waals surface area (Å²) in [6, 6.07) is 3.64. The van der Waals surface area contributed by atoms with Crippen molar-refractivity contribution in [1.82, 2.24) is 20.0 Å². The van der Waals surface area contributed by atoms with Gasteiger partial charge in [-0.25, -0.2) is 9.48 Å². The highest BCUT2D eigenvalue weighted by Gasteiger charge is 2.21. The van der Waals surface area contributed by atoms with Crippen LogP contribution >= 0.6 is 11.8 Å². The lowest BCUT2D eigenvalue weighted by atomic mass is 10.1. The standard InChI is InChI=1S/C12H14N4O2S/c1-18-12(17)10-11(9-3-5-13-6-4-9)16(15-14-10)7-8-19-2/h3-6H,7-8H2,1-2H3. The number of methoxy groups -OCH3 is 1. The highest BCUT2D eigenvalue weighted by Crippen LogP contribution is 2.22. The molecule has 0 saturated carbocycles. The third kappa shape index (κ3) is 2.93. The Balaban J connectivity index is 2.47. The van der Waals surface area contributed by atoms with E-state index in [4.69, 9.17) is 4.74 Å². The second-order valence-electron chi connectivity index (χ2n) is 3.73. The van der Waals surface area contributed by atoms with Gasteiger partial charge in [-0.3, -0.25) is 4.98 Å². The topological polar surface area (TPSA) is 69.9 Å². The quantitative estimate of drug-likeness (QED) is 0.772. The number of rotatable bonds is 5. The minimum absolute atomic E-state index is 0.231. The molecule has 0 radical (unpaired) electrons. The van der Waals surface area contributed by atoms with Crippen LogP contribution in [0.4, 0.5) is 0 Å². The van der Waals surface area contributed by atoms with E-state index in [1.807, 2.05) is 18.4 Å². The van der Waals surface area contributed by atoms with Gasteiger partial charge in [0.05, 0.1) is 13.7 Å². The van der Waals surface area contributed by atoms with Crippen LogP contribution in [0, 0.1) is 0 Å². The summed E-state index contributed by atoms with van der Waals surface area (Å²) >= 11 is 1.71. The molecule has 0 saturated heterocycles. The number of thioether (sulfide) groups is 1. The van der Waals surface area contributed by atoms with Crippen LogP contribution in [0.5, 0.6) is 0 Å². The van der Waals surface area contributed by atoms with Crippen LogP contribution in [0.25, 0.3) is 11.3 Å². The minimum atomic E-state index is -0.484. The monoisotopic (exact) mass is 278 g/mol. The number of carbonyl (C=O) groups excluding carboxylic acids is 1. The average Bonchev–Trinajstić information content (AvgIpc) is 2.89. The zero-order valence-electron chi connectivity index (χ0n) is 10.7. The van der Waals surface area contributed by atoms with Gasteiger partial charge in [0.15, 0.2) is 5.69 Å². The molecule has 0 unspecified atom stereocenters. The van der Waals surface area contributed by atoms with Gasteiger partial charge in [-0.15, -0.1) is 5.10 Å². The predicted molar refractivity (Wildman–Crippen MR) is 73.0 cm³/mol. The lowest BCUT2D eigenvalue weighted by Gasteiger charge is -2.06. The van der Waals surface area contributed by atoms with E-state index in [9.17, 15) is 4.79 Å². The van der Waals surface area contributed by atoms with Crippen LogP contribution in [0.2, 0.25) is 0 Å². The maximum absolute atomic E-state index is 11.7. The number of pyridine rings is 1. The third-order valence-electron chi connectivity index (χ3n) is 2.57. The molecule has 6 nitrogen and oxygen atoms in total. The lowest BCUT2D eigenvalue weighted by molar-refractivity contribution is 0.0595. The van der Waals surface area contributed by atoms with Gasteiger partial charge in [-0.05, 0) is 18.4 Å². The number of aromatic nitrogens is 4. The van der Waals surface area contributed by atoms with E-state index in [0.29, 0.717) is 12.2 Å². The summed E-state index contributed by atoms with van der Waals surface area (Å²) in [5.41, 5.74) is 1.75. The zero-order chi connectivity index (χ0) is 13.7. The van der Waals surface area contributed by atoms with E-state index >= 15 is 0 Å². The molecule has 0 amide bonds. The molecule has 0 aliphatic rings. The Kier molecular flexibility index (Phi) is 4.51. The molecule has 19 heavy (non-hydrogen) atoms. The Bertz CT molecular complexity index is 556. The number of aryl methyl sites for hydroxylation is 1. The maximum atomic E-state index is 11.7. The minimum Gasteiger partial charge on any atom is -0.464 e. The van der Waals surface area contributed by atoms with Crippen molar-refractivity contribution in [3.8, 4) is 11.3 Å². The largest absolute Gasteiger partial charge is 0.464 e. The van der Waals surface area contributed by atoms with Crippen molar-refractivity contribution in [2.24, 2.45) is 0 Å². The lowest BCUT2D eigenvalue weighted by Crippen LogP contribution is -2.07. The highest BCUT2D eigenvalue weighted by atomic mass is 32.2. The SMILES string of the molecule is COC(=O)c1nnn(CCSC)c1-c1ccncc1. The van der Waals surface area contributed by atoms with Crippen LogP contribution in [0.1, 0.15) is 10.5 Å². The summed E-state index contributed by atoms with van der Waals surface area (Å²) in [6.07, 6.45) is 5.36. The Labute approximate surface area is 115 Å². The van der Waals surface area contributed by atoms with Crippen molar-refractivity contribution < 1.29 is 9.53 Å². The molecule has 2 aromatic heterocycles. The van der Waals surface area contributed by atoms with E-state index in [-0.39, 0.29) is 5.69 Å². The molecular formula is C12H14N4O2S. The van der Waals surface area contributed by atoms with E-state index in [1.165, 1.54) is 7.11 Å².